The molecule has 1 aromatic carbocycles. The number of nitrogens with two attached hydrogens (primary N) is 1. The third-order valence-corrected chi connectivity index (χ3v) is 2.74. The maximum atomic E-state index is 5.70. The van der Waals surface area contributed by atoms with Crippen LogP contribution >= 0.6 is 24.0 Å². The van der Waals surface area contributed by atoms with Crippen LogP contribution < -0.4 is 15.8 Å². The van der Waals surface area contributed by atoms with E-state index in [0.29, 0.717) is 31.6 Å². The summed E-state index contributed by atoms with van der Waals surface area (Å²) in [5.41, 5.74) is 7.99. The minimum atomic E-state index is 0. The highest BCUT2D eigenvalue weighted by Crippen LogP contribution is 2.18. The van der Waals surface area contributed by atoms with Crippen molar-refractivity contribution < 1.29 is 4.74 Å². The van der Waals surface area contributed by atoms with E-state index in [0.717, 1.165) is 11.3 Å². The zero-order valence-corrected chi connectivity index (χ0v) is 15.4. The van der Waals surface area contributed by atoms with E-state index < -0.39 is 0 Å². The highest BCUT2D eigenvalue weighted by Gasteiger charge is 1.99. The van der Waals surface area contributed by atoms with Crippen LogP contribution in [-0.2, 0) is 0 Å². The van der Waals surface area contributed by atoms with Crippen LogP contribution in [0.3, 0.4) is 0 Å². The number of benzene rings is 1. The number of ether oxygens (including phenoxy) is 1. The first-order valence-corrected chi connectivity index (χ1v) is 6.90. The van der Waals surface area contributed by atoms with Gasteiger partial charge in [0.2, 0.25) is 0 Å². The minimum absolute atomic E-state index is 0. The van der Waals surface area contributed by atoms with Gasteiger partial charge in [0.1, 0.15) is 12.4 Å². The Morgan fingerprint density at radius 2 is 1.95 bits per heavy atom. The van der Waals surface area contributed by atoms with E-state index in [1.165, 1.54) is 5.56 Å². The van der Waals surface area contributed by atoms with Crippen molar-refractivity contribution in [3.63, 3.8) is 0 Å². The lowest BCUT2D eigenvalue weighted by molar-refractivity contribution is 0.322. The molecule has 5 heteroatoms. The van der Waals surface area contributed by atoms with Gasteiger partial charge in [-0.05, 0) is 30.5 Å². The summed E-state index contributed by atoms with van der Waals surface area (Å²) in [7, 11) is 0. The molecule has 118 valence electrons. The maximum Gasteiger partial charge on any atom is 0.189 e. The van der Waals surface area contributed by atoms with Gasteiger partial charge in [-0.1, -0.05) is 38.1 Å². The van der Waals surface area contributed by atoms with E-state index >= 15 is 0 Å². The Bertz CT molecular complexity index is 455. The number of halogens is 1. The molecule has 4 nitrogen and oxygen atoms in total. The molecule has 1 aromatic rings. The predicted molar refractivity (Wildman–Crippen MR) is 101 cm³/mol. The zero-order chi connectivity index (χ0) is 15.0. The van der Waals surface area contributed by atoms with Gasteiger partial charge in [0.05, 0.1) is 13.1 Å². The molecule has 0 saturated heterocycles. The molecule has 3 N–H and O–H groups in total. The first-order valence-electron chi connectivity index (χ1n) is 6.90. The lowest BCUT2D eigenvalue weighted by Crippen LogP contribution is -2.34. The Balaban J connectivity index is 0.00000400. The van der Waals surface area contributed by atoms with Crippen LogP contribution in [0.2, 0.25) is 0 Å². The largest absolute Gasteiger partial charge is 0.492 e. The van der Waals surface area contributed by atoms with Gasteiger partial charge in [-0.3, -0.25) is 0 Å². The normalized spacial score (nSPS) is 11.0. The van der Waals surface area contributed by atoms with Crippen molar-refractivity contribution in [1.29, 1.82) is 0 Å². The standard InChI is InChI=1S/C16H25N3O.HI/c1-12(2)11-19-16(17)18-9-10-20-15-7-5-14(6-8-15)13(3)4;/h5-8,13H,1,9-11H2,2-4H3,(H3,17,18,19);1H. The third-order valence-electron chi connectivity index (χ3n) is 2.74. The fraction of sp³-hybridized carbons (Fsp3) is 0.438. The highest BCUT2D eigenvalue weighted by atomic mass is 127. The smallest absolute Gasteiger partial charge is 0.189 e. The quantitative estimate of drug-likeness (QED) is 0.242. The SMILES string of the molecule is C=C(C)CN=C(N)NCCOc1ccc(C(C)C)cc1.I. The molecular formula is C16H26IN3O. The van der Waals surface area contributed by atoms with Crippen molar-refractivity contribution >= 4 is 29.9 Å². The van der Waals surface area contributed by atoms with Crippen LogP contribution in [0.4, 0.5) is 0 Å². The molecule has 0 radical (unpaired) electrons. The fourth-order valence-corrected chi connectivity index (χ4v) is 1.57. The molecule has 0 unspecified atom stereocenters. The summed E-state index contributed by atoms with van der Waals surface area (Å²) in [5, 5.41) is 3.00. The van der Waals surface area contributed by atoms with E-state index in [4.69, 9.17) is 10.5 Å². The summed E-state index contributed by atoms with van der Waals surface area (Å²) in [6.45, 7) is 11.8. The molecule has 0 fully saturated rings. The maximum absolute atomic E-state index is 5.70. The van der Waals surface area contributed by atoms with E-state index in [1.807, 2.05) is 19.1 Å². The average Bonchev–Trinajstić information content (AvgIpc) is 2.42. The van der Waals surface area contributed by atoms with Crippen LogP contribution in [0.1, 0.15) is 32.3 Å². The summed E-state index contributed by atoms with van der Waals surface area (Å²) in [6.07, 6.45) is 0. The predicted octanol–water partition coefficient (Wildman–Crippen LogP) is 3.29. The van der Waals surface area contributed by atoms with Gasteiger partial charge in [0.15, 0.2) is 5.96 Å². The Kier molecular flexibility index (Phi) is 9.86. The van der Waals surface area contributed by atoms with E-state index in [1.54, 1.807) is 0 Å². The summed E-state index contributed by atoms with van der Waals surface area (Å²) in [5.74, 6) is 1.83. The topological polar surface area (TPSA) is 59.6 Å². The molecule has 0 aromatic heterocycles. The zero-order valence-electron chi connectivity index (χ0n) is 13.1. The molecule has 0 aliphatic heterocycles. The van der Waals surface area contributed by atoms with E-state index in [9.17, 15) is 0 Å². The van der Waals surface area contributed by atoms with E-state index in [2.05, 4.69) is 42.9 Å². The van der Waals surface area contributed by atoms with Crippen molar-refractivity contribution in [2.75, 3.05) is 19.7 Å². The van der Waals surface area contributed by atoms with Crippen molar-refractivity contribution in [3.8, 4) is 5.75 Å². The monoisotopic (exact) mass is 403 g/mol. The van der Waals surface area contributed by atoms with Gasteiger partial charge in [0, 0.05) is 0 Å². The minimum Gasteiger partial charge on any atom is -0.492 e. The van der Waals surface area contributed by atoms with Gasteiger partial charge >= 0.3 is 0 Å². The number of aliphatic imine (C=N–C) groups is 1. The number of hydrogen-bond acceptors (Lipinski definition) is 2. The summed E-state index contributed by atoms with van der Waals surface area (Å²) >= 11 is 0. The molecule has 0 aliphatic rings. The Labute approximate surface area is 144 Å². The summed E-state index contributed by atoms with van der Waals surface area (Å²) in [6, 6.07) is 8.17. The first kappa shape index (κ1) is 19.8. The molecule has 0 aliphatic carbocycles. The van der Waals surface area contributed by atoms with Crippen molar-refractivity contribution in [1.82, 2.24) is 5.32 Å². The Morgan fingerprint density at radius 1 is 1.33 bits per heavy atom. The van der Waals surface area contributed by atoms with Crippen molar-refractivity contribution in [2.45, 2.75) is 26.7 Å². The molecule has 0 amide bonds. The van der Waals surface area contributed by atoms with Crippen LogP contribution in [0, 0.1) is 0 Å². The lowest BCUT2D eigenvalue weighted by Gasteiger charge is -2.10. The molecule has 0 atom stereocenters. The molecule has 0 spiro atoms. The Hall–Kier alpha value is -1.24. The number of guanidine groups is 1. The van der Waals surface area contributed by atoms with Crippen molar-refractivity contribution in [3.05, 3.63) is 42.0 Å². The number of nitrogens with zero attached hydrogens (tertiary/aromatic N) is 1. The summed E-state index contributed by atoms with van der Waals surface area (Å²) < 4.78 is 5.63. The van der Waals surface area contributed by atoms with Crippen LogP contribution in [-0.4, -0.2) is 25.7 Å². The second kappa shape index (κ2) is 10.5. The van der Waals surface area contributed by atoms with Crippen LogP contribution in [0.5, 0.6) is 5.75 Å². The number of hydrogen-bond donors (Lipinski definition) is 2. The molecule has 0 bridgehead atoms. The van der Waals surface area contributed by atoms with Gasteiger partial charge < -0.3 is 15.8 Å². The van der Waals surface area contributed by atoms with Gasteiger partial charge in [-0.2, -0.15) is 0 Å². The fourth-order valence-electron chi connectivity index (χ4n) is 1.57. The number of rotatable bonds is 7. The molecule has 0 saturated carbocycles. The third kappa shape index (κ3) is 8.60. The molecule has 1 rings (SSSR count). The van der Waals surface area contributed by atoms with Crippen LogP contribution in [0.15, 0.2) is 41.4 Å². The molecule has 0 heterocycles. The summed E-state index contributed by atoms with van der Waals surface area (Å²) in [4.78, 5) is 4.13. The molecular weight excluding hydrogens is 377 g/mol. The van der Waals surface area contributed by atoms with Crippen LogP contribution in [0.25, 0.3) is 0 Å². The first-order chi connectivity index (χ1) is 9.49. The second-order valence-corrected chi connectivity index (χ2v) is 5.16. The van der Waals surface area contributed by atoms with Gasteiger partial charge in [-0.25, -0.2) is 4.99 Å². The van der Waals surface area contributed by atoms with Gasteiger partial charge in [-0.15, -0.1) is 24.0 Å². The molecule has 21 heavy (non-hydrogen) atoms. The Morgan fingerprint density at radius 3 is 2.48 bits per heavy atom. The second-order valence-electron chi connectivity index (χ2n) is 5.16. The number of nitrogens with one attached hydrogen (secondary N) is 1. The lowest BCUT2D eigenvalue weighted by atomic mass is 10.0. The van der Waals surface area contributed by atoms with E-state index in [-0.39, 0.29) is 24.0 Å². The van der Waals surface area contributed by atoms with Gasteiger partial charge in [0.25, 0.3) is 0 Å². The van der Waals surface area contributed by atoms with Crippen molar-refractivity contribution in [2.24, 2.45) is 10.7 Å². The average molecular weight is 403 g/mol. The highest BCUT2D eigenvalue weighted by molar-refractivity contribution is 14.0.